The van der Waals surface area contributed by atoms with E-state index in [0.717, 1.165) is 17.7 Å². The Kier molecular flexibility index (Phi) is 3.97. The third kappa shape index (κ3) is 3.01. The zero-order chi connectivity index (χ0) is 13.7. The quantitative estimate of drug-likeness (QED) is 0.381. The van der Waals surface area contributed by atoms with E-state index < -0.39 is 0 Å². The molecule has 98 valence electrons. The van der Waals surface area contributed by atoms with Crippen LogP contribution in [0, 0.1) is 0 Å². The van der Waals surface area contributed by atoms with E-state index in [1.165, 1.54) is 0 Å². The number of nitrogens with zero attached hydrogens (tertiary/aromatic N) is 2. The Morgan fingerprint density at radius 1 is 1.26 bits per heavy atom. The Morgan fingerprint density at radius 3 is 2.79 bits per heavy atom. The molecule has 0 spiro atoms. The first-order valence-electron chi connectivity index (χ1n) is 5.95. The Balaban J connectivity index is 2.28. The summed E-state index contributed by atoms with van der Waals surface area (Å²) in [7, 11) is 0. The van der Waals surface area contributed by atoms with Crippen molar-refractivity contribution in [3.63, 3.8) is 0 Å². The van der Waals surface area contributed by atoms with Crippen LogP contribution in [0.5, 0.6) is 11.6 Å². The van der Waals surface area contributed by atoms with Crippen LogP contribution in [0.3, 0.4) is 0 Å². The standard InChI is InChI=1S/C14H15N3O2/c1-2-10-6-3-4-8-12(10)19-13-9-5-7-11(16-13)14(15)17-18/h3-9,18H,2H2,1H3,(H2,15,17). The maximum atomic E-state index is 8.63. The molecule has 1 aromatic heterocycles. The molecule has 0 bridgehead atoms. The number of benzene rings is 1. The summed E-state index contributed by atoms with van der Waals surface area (Å²) in [4.78, 5) is 4.18. The van der Waals surface area contributed by atoms with Gasteiger partial charge in [0.15, 0.2) is 5.84 Å². The zero-order valence-corrected chi connectivity index (χ0v) is 10.6. The van der Waals surface area contributed by atoms with Crippen molar-refractivity contribution < 1.29 is 9.94 Å². The van der Waals surface area contributed by atoms with Gasteiger partial charge in [-0.2, -0.15) is 0 Å². The topological polar surface area (TPSA) is 80.7 Å². The number of rotatable bonds is 4. The van der Waals surface area contributed by atoms with Crippen LogP contribution < -0.4 is 10.5 Å². The fourth-order valence-corrected chi connectivity index (χ4v) is 1.67. The SMILES string of the molecule is CCc1ccccc1Oc1cccc(C(N)=NO)n1. The van der Waals surface area contributed by atoms with Gasteiger partial charge in [0, 0.05) is 6.07 Å². The highest BCUT2D eigenvalue weighted by Gasteiger charge is 2.06. The zero-order valence-electron chi connectivity index (χ0n) is 10.6. The fourth-order valence-electron chi connectivity index (χ4n) is 1.67. The number of pyridine rings is 1. The van der Waals surface area contributed by atoms with Crippen LogP contribution in [0.15, 0.2) is 47.6 Å². The molecule has 2 rings (SSSR count). The molecule has 0 unspecified atom stereocenters. The normalized spacial score (nSPS) is 11.3. The predicted molar refractivity (Wildman–Crippen MR) is 72.6 cm³/mol. The van der Waals surface area contributed by atoms with Gasteiger partial charge < -0.3 is 15.7 Å². The minimum atomic E-state index is -0.0470. The minimum absolute atomic E-state index is 0.0470. The van der Waals surface area contributed by atoms with Crippen LogP contribution >= 0.6 is 0 Å². The Hall–Kier alpha value is -2.56. The number of para-hydroxylation sites is 1. The van der Waals surface area contributed by atoms with Crippen molar-refractivity contribution >= 4 is 5.84 Å². The van der Waals surface area contributed by atoms with Crippen molar-refractivity contribution in [2.24, 2.45) is 10.9 Å². The van der Waals surface area contributed by atoms with Gasteiger partial charge in [-0.25, -0.2) is 4.98 Å². The first-order valence-corrected chi connectivity index (χ1v) is 5.95. The highest BCUT2D eigenvalue weighted by Crippen LogP contribution is 2.24. The average Bonchev–Trinajstić information content (AvgIpc) is 2.47. The van der Waals surface area contributed by atoms with Gasteiger partial charge in [-0.05, 0) is 24.1 Å². The number of ether oxygens (including phenoxy) is 1. The average molecular weight is 257 g/mol. The third-order valence-corrected chi connectivity index (χ3v) is 2.66. The van der Waals surface area contributed by atoms with Crippen molar-refractivity contribution in [1.29, 1.82) is 0 Å². The molecule has 0 fully saturated rings. The molecule has 3 N–H and O–H groups in total. The summed E-state index contributed by atoms with van der Waals surface area (Å²) in [5.74, 6) is 1.12. The van der Waals surface area contributed by atoms with E-state index >= 15 is 0 Å². The number of amidine groups is 1. The van der Waals surface area contributed by atoms with Crippen LogP contribution in [0.2, 0.25) is 0 Å². The van der Waals surface area contributed by atoms with Crippen LogP contribution in [-0.4, -0.2) is 16.0 Å². The first-order chi connectivity index (χ1) is 9.24. The Morgan fingerprint density at radius 2 is 2.05 bits per heavy atom. The van der Waals surface area contributed by atoms with Crippen molar-refractivity contribution in [1.82, 2.24) is 4.98 Å². The second-order valence-electron chi connectivity index (χ2n) is 3.91. The molecule has 0 atom stereocenters. The van der Waals surface area contributed by atoms with Crippen LogP contribution in [0.25, 0.3) is 0 Å². The van der Waals surface area contributed by atoms with Crippen molar-refractivity contribution in [3.05, 3.63) is 53.7 Å². The maximum Gasteiger partial charge on any atom is 0.219 e. The van der Waals surface area contributed by atoms with Crippen molar-refractivity contribution in [3.8, 4) is 11.6 Å². The van der Waals surface area contributed by atoms with Gasteiger partial charge in [-0.3, -0.25) is 0 Å². The minimum Gasteiger partial charge on any atom is -0.439 e. The molecule has 19 heavy (non-hydrogen) atoms. The van der Waals surface area contributed by atoms with E-state index in [1.807, 2.05) is 24.3 Å². The maximum absolute atomic E-state index is 8.63. The van der Waals surface area contributed by atoms with Crippen molar-refractivity contribution in [2.75, 3.05) is 0 Å². The number of oxime groups is 1. The van der Waals surface area contributed by atoms with Gasteiger partial charge >= 0.3 is 0 Å². The van der Waals surface area contributed by atoms with Crippen LogP contribution in [-0.2, 0) is 6.42 Å². The van der Waals surface area contributed by atoms with E-state index in [-0.39, 0.29) is 5.84 Å². The number of hydrogen-bond acceptors (Lipinski definition) is 4. The fraction of sp³-hybridized carbons (Fsp3) is 0.143. The second-order valence-corrected chi connectivity index (χ2v) is 3.91. The van der Waals surface area contributed by atoms with Crippen LogP contribution in [0.4, 0.5) is 0 Å². The summed E-state index contributed by atoms with van der Waals surface area (Å²) in [6, 6.07) is 12.9. The monoisotopic (exact) mass is 257 g/mol. The van der Waals surface area contributed by atoms with Gasteiger partial charge in [0.05, 0.1) is 0 Å². The van der Waals surface area contributed by atoms with E-state index in [4.69, 9.17) is 15.7 Å². The van der Waals surface area contributed by atoms with E-state index in [0.29, 0.717) is 11.6 Å². The molecule has 1 aromatic carbocycles. The molecule has 0 saturated carbocycles. The molecule has 2 aromatic rings. The number of aromatic nitrogens is 1. The number of hydrogen-bond donors (Lipinski definition) is 2. The summed E-state index contributed by atoms with van der Waals surface area (Å²) >= 11 is 0. The highest BCUT2D eigenvalue weighted by atomic mass is 16.5. The summed E-state index contributed by atoms with van der Waals surface area (Å²) in [6.45, 7) is 2.06. The van der Waals surface area contributed by atoms with Gasteiger partial charge in [0.1, 0.15) is 11.4 Å². The smallest absolute Gasteiger partial charge is 0.219 e. The summed E-state index contributed by atoms with van der Waals surface area (Å²) in [6.07, 6.45) is 0.871. The van der Waals surface area contributed by atoms with E-state index in [1.54, 1.807) is 18.2 Å². The number of aryl methyl sites for hydroxylation is 1. The molecular weight excluding hydrogens is 242 g/mol. The molecule has 0 amide bonds. The lowest BCUT2D eigenvalue weighted by molar-refractivity contribution is 0.318. The van der Waals surface area contributed by atoms with Gasteiger partial charge in [-0.15, -0.1) is 0 Å². The molecule has 1 heterocycles. The first kappa shape index (κ1) is 12.9. The van der Waals surface area contributed by atoms with Crippen molar-refractivity contribution in [2.45, 2.75) is 13.3 Å². The highest BCUT2D eigenvalue weighted by molar-refractivity contribution is 5.95. The molecule has 0 aliphatic carbocycles. The summed E-state index contributed by atoms with van der Waals surface area (Å²) in [5, 5.41) is 11.6. The Labute approximate surface area is 111 Å². The molecular formula is C14H15N3O2. The molecule has 0 saturated heterocycles. The number of nitrogens with two attached hydrogens (primary N) is 1. The largest absolute Gasteiger partial charge is 0.439 e. The summed E-state index contributed by atoms with van der Waals surface area (Å²) < 4.78 is 5.73. The molecule has 0 aliphatic heterocycles. The molecule has 5 nitrogen and oxygen atoms in total. The predicted octanol–water partition coefficient (Wildman–Crippen LogP) is 2.53. The summed E-state index contributed by atoms with van der Waals surface area (Å²) in [5.41, 5.74) is 6.96. The van der Waals surface area contributed by atoms with Gasteiger partial charge in [0.25, 0.3) is 0 Å². The second kappa shape index (κ2) is 5.86. The molecule has 5 heteroatoms. The van der Waals surface area contributed by atoms with Gasteiger partial charge in [0.2, 0.25) is 5.88 Å². The third-order valence-electron chi connectivity index (χ3n) is 2.66. The Bertz CT molecular complexity index is 597. The molecule has 0 aliphatic rings. The lowest BCUT2D eigenvalue weighted by Gasteiger charge is -2.09. The molecule has 0 radical (unpaired) electrons. The van der Waals surface area contributed by atoms with E-state index in [2.05, 4.69) is 17.1 Å². The lowest BCUT2D eigenvalue weighted by atomic mass is 10.1. The van der Waals surface area contributed by atoms with Gasteiger partial charge in [-0.1, -0.05) is 36.3 Å². The van der Waals surface area contributed by atoms with E-state index in [9.17, 15) is 0 Å². The van der Waals surface area contributed by atoms with Crippen LogP contribution in [0.1, 0.15) is 18.2 Å². The lowest BCUT2D eigenvalue weighted by Crippen LogP contribution is -2.14.